The number of hydrogen-bond acceptors (Lipinski definition) is 5. The molecule has 116 valence electrons. The summed E-state index contributed by atoms with van der Waals surface area (Å²) in [6.45, 7) is 2.23. The van der Waals surface area contributed by atoms with Crippen LogP contribution < -0.4 is 5.32 Å². The Morgan fingerprint density at radius 1 is 1.27 bits per heavy atom. The highest BCUT2D eigenvalue weighted by molar-refractivity contribution is 5.93. The quantitative estimate of drug-likeness (QED) is 0.941. The minimum absolute atomic E-state index is 0.168. The van der Waals surface area contributed by atoms with Crippen molar-refractivity contribution < 1.29 is 13.7 Å². The number of nitrogens with zero attached hydrogens (tertiary/aromatic N) is 2. The lowest BCUT2D eigenvalue weighted by atomic mass is 9.99. The molecule has 1 amide bonds. The molecule has 1 N–H and O–H groups in total. The Hall–Kier alpha value is -2.08. The zero-order valence-corrected chi connectivity index (χ0v) is 12.3. The van der Waals surface area contributed by atoms with E-state index in [1.54, 1.807) is 24.5 Å². The molecule has 6 nitrogen and oxygen atoms in total. The van der Waals surface area contributed by atoms with Crippen molar-refractivity contribution in [1.82, 2.24) is 15.4 Å². The zero-order chi connectivity index (χ0) is 14.9. The van der Waals surface area contributed by atoms with Crippen molar-refractivity contribution >= 4 is 5.91 Å². The van der Waals surface area contributed by atoms with E-state index in [2.05, 4.69) is 15.4 Å². The third-order valence-corrected chi connectivity index (χ3v) is 4.68. The molecule has 0 radical (unpaired) electrons. The number of carbonyl (C=O) groups is 1. The summed E-state index contributed by atoms with van der Waals surface area (Å²) in [5.41, 5.74) is 0.306. The fraction of sp³-hybridized carbons (Fsp3) is 0.500. The lowest BCUT2D eigenvalue weighted by Crippen LogP contribution is -2.46. The molecule has 6 heteroatoms. The number of piperidine rings is 1. The Morgan fingerprint density at radius 3 is 3.09 bits per heavy atom. The summed E-state index contributed by atoms with van der Waals surface area (Å²) >= 11 is 0. The van der Waals surface area contributed by atoms with Gasteiger partial charge in [0, 0.05) is 24.7 Å². The van der Waals surface area contributed by atoms with Gasteiger partial charge >= 0.3 is 0 Å². The van der Waals surface area contributed by atoms with Crippen LogP contribution in [0.5, 0.6) is 0 Å². The average Bonchev–Trinajstić information content (AvgIpc) is 3.28. The second-order valence-electron chi connectivity index (χ2n) is 6.02. The molecule has 22 heavy (non-hydrogen) atoms. The first-order chi connectivity index (χ1) is 10.8. The summed E-state index contributed by atoms with van der Waals surface area (Å²) in [4.78, 5) is 14.9. The number of nitrogens with one attached hydrogen (secondary N) is 1. The van der Waals surface area contributed by atoms with Gasteiger partial charge in [-0.3, -0.25) is 9.69 Å². The van der Waals surface area contributed by atoms with E-state index in [0.717, 1.165) is 19.5 Å². The summed E-state index contributed by atoms with van der Waals surface area (Å²) in [6, 6.07) is 5.87. The zero-order valence-electron chi connectivity index (χ0n) is 12.3. The molecule has 2 fully saturated rings. The maximum absolute atomic E-state index is 12.4. The van der Waals surface area contributed by atoms with Crippen molar-refractivity contribution in [2.24, 2.45) is 0 Å². The van der Waals surface area contributed by atoms with Crippen LogP contribution in [0.15, 0.2) is 33.4 Å². The van der Waals surface area contributed by atoms with Crippen LogP contribution in [-0.2, 0) is 0 Å². The maximum atomic E-state index is 12.4. The maximum Gasteiger partial charge on any atom is 0.273 e. The molecule has 0 saturated carbocycles. The van der Waals surface area contributed by atoms with E-state index in [1.165, 1.54) is 19.3 Å². The number of carbonyl (C=O) groups excluding carboxylic acids is 1. The number of fused-ring (bicyclic) bond motifs is 1. The van der Waals surface area contributed by atoms with E-state index in [1.807, 2.05) is 0 Å². The third kappa shape index (κ3) is 2.43. The number of hydrogen-bond donors (Lipinski definition) is 1. The molecule has 2 aliphatic heterocycles. The molecule has 0 bridgehead atoms. The topological polar surface area (TPSA) is 71.5 Å². The molecule has 0 spiro atoms. The van der Waals surface area contributed by atoms with Crippen LogP contribution in [0.2, 0.25) is 0 Å². The van der Waals surface area contributed by atoms with E-state index in [9.17, 15) is 4.79 Å². The smallest absolute Gasteiger partial charge is 0.273 e. The predicted molar refractivity (Wildman–Crippen MR) is 79.3 cm³/mol. The highest BCUT2D eigenvalue weighted by atomic mass is 16.5. The minimum Gasteiger partial charge on any atom is -0.461 e. The van der Waals surface area contributed by atoms with E-state index < -0.39 is 0 Å². The van der Waals surface area contributed by atoms with Gasteiger partial charge in [0.1, 0.15) is 0 Å². The van der Waals surface area contributed by atoms with Gasteiger partial charge in [-0.25, -0.2) is 0 Å². The van der Waals surface area contributed by atoms with Crippen LogP contribution in [0.4, 0.5) is 0 Å². The first-order valence-electron chi connectivity index (χ1n) is 7.87. The summed E-state index contributed by atoms with van der Waals surface area (Å²) in [5, 5.41) is 6.98. The standard InChI is InChI=1S/C16H19N3O3/c20-16(12-10-15(22-18-12)14-5-3-9-21-14)17-11-6-8-19-7-2-1-4-13(11)19/h3,5,9-11,13H,1-2,4,6-8H2,(H,17,20)/t11-,13+/m0/s1. The molecule has 2 aromatic heterocycles. The Labute approximate surface area is 128 Å². The van der Waals surface area contributed by atoms with Crippen LogP contribution in [0.3, 0.4) is 0 Å². The number of aromatic nitrogens is 1. The summed E-state index contributed by atoms with van der Waals surface area (Å²) in [6.07, 6.45) is 6.27. The van der Waals surface area contributed by atoms with Crippen molar-refractivity contribution in [3.8, 4) is 11.5 Å². The molecule has 2 saturated heterocycles. The van der Waals surface area contributed by atoms with Crippen molar-refractivity contribution in [3.05, 3.63) is 30.2 Å². The molecule has 0 aliphatic carbocycles. The second-order valence-corrected chi connectivity index (χ2v) is 6.02. The second kappa shape index (κ2) is 5.61. The normalized spacial score (nSPS) is 25.1. The predicted octanol–water partition coefficient (Wildman–Crippen LogP) is 2.29. The van der Waals surface area contributed by atoms with Crippen LogP contribution in [-0.4, -0.2) is 41.1 Å². The van der Waals surface area contributed by atoms with Gasteiger partial charge in [-0.05, 0) is 37.9 Å². The van der Waals surface area contributed by atoms with Gasteiger partial charge in [0.05, 0.1) is 6.26 Å². The van der Waals surface area contributed by atoms with Crippen LogP contribution >= 0.6 is 0 Å². The fourth-order valence-corrected chi connectivity index (χ4v) is 3.58. The summed E-state index contributed by atoms with van der Waals surface area (Å²) < 4.78 is 10.4. The van der Waals surface area contributed by atoms with Crippen molar-refractivity contribution in [1.29, 1.82) is 0 Å². The molecule has 2 aliphatic rings. The summed E-state index contributed by atoms with van der Waals surface area (Å²) in [7, 11) is 0. The fourth-order valence-electron chi connectivity index (χ4n) is 3.58. The SMILES string of the molecule is O=C(N[C@H]1CCN2CCCC[C@H]12)c1cc(-c2ccco2)on1. The van der Waals surface area contributed by atoms with E-state index in [0.29, 0.717) is 23.3 Å². The third-order valence-electron chi connectivity index (χ3n) is 4.68. The molecule has 4 rings (SSSR count). The molecule has 0 unspecified atom stereocenters. The van der Waals surface area contributed by atoms with Crippen molar-refractivity contribution in [3.63, 3.8) is 0 Å². The van der Waals surface area contributed by atoms with Crippen molar-refractivity contribution in [2.75, 3.05) is 13.1 Å². The van der Waals surface area contributed by atoms with Crippen molar-refractivity contribution in [2.45, 2.75) is 37.8 Å². The Balaban J connectivity index is 1.44. The lowest BCUT2D eigenvalue weighted by molar-refractivity contribution is 0.0906. The van der Waals surface area contributed by atoms with Gasteiger partial charge in [-0.2, -0.15) is 0 Å². The first-order valence-corrected chi connectivity index (χ1v) is 7.87. The van der Waals surface area contributed by atoms with E-state index in [-0.39, 0.29) is 11.9 Å². The minimum atomic E-state index is -0.168. The monoisotopic (exact) mass is 301 g/mol. The largest absolute Gasteiger partial charge is 0.461 e. The van der Waals surface area contributed by atoms with Gasteiger partial charge in [-0.15, -0.1) is 0 Å². The van der Waals surface area contributed by atoms with Gasteiger partial charge in [-0.1, -0.05) is 11.6 Å². The summed E-state index contributed by atoms with van der Waals surface area (Å²) in [5.74, 6) is 0.880. The molecular weight excluding hydrogens is 282 g/mol. The average molecular weight is 301 g/mol. The highest BCUT2D eigenvalue weighted by Crippen LogP contribution is 2.27. The van der Waals surface area contributed by atoms with Crippen LogP contribution in [0.25, 0.3) is 11.5 Å². The van der Waals surface area contributed by atoms with E-state index >= 15 is 0 Å². The Bertz CT molecular complexity index is 649. The molecular formula is C16H19N3O3. The molecule has 0 aromatic carbocycles. The van der Waals surface area contributed by atoms with Gasteiger partial charge in [0.15, 0.2) is 11.5 Å². The molecule has 2 atom stereocenters. The number of amides is 1. The lowest BCUT2D eigenvalue weighted by Gasteiger charge is -2.32. The highest BCUT2D eigenvalue weighted by Gasteiger charge is 2.36. The number of furan rings is 1. The Kier molecular flexibility index (Phi) is 3.46. The Morgan fingerprint density at radius 2 is 2.23 bits per heavy atom. The van der Waals surface area contributed by atoms with Crippen LogP contribution in [0, 0.1) is 0 Å². The molecule has 4 heterocycles. The van der Waals surface area contributed by atoms with Gasteiger partial charge < -0.3 is 14.3 Å². The van der Waals surface area contributed by atoms with E-state index in [4.69, 9.17) is 8.94 Å². The van der Waals surface area contributed by atoms with Gasteiger partial charge in [0.25, 0.3) is 5.91 Å². The van der Waals surface area contributed by atoms with Crippen LogP contribution in [0.1, 0.15) is 36.2 Å². The number of rotatable bonds is 3. The van der Waals surface area contributed by atoms with Gasteiger partial charge in [0.2, 0.25) is 5.76 Å². The molecule has 2 aromatic rings. The first kappa shape index (κ1) is 13.6.